The third kappa shape index (κ3) is 3.41. The zero-order valence-corrected chi connectivity index (χ0v) is 16.5. The number of benzene rings is 2. The Balaban J connectivity index is 1.25. The number of anilines is 2. The number of thiophene rings is 1. The van der Waals surface area contributed by atoms with Crippen LogP contribution in [0, 0.1) is 0 Å². The Kier molecular flexibility index (Phi) is 4.58. The number of fused-ring (bicyclic) bond motifs is 1. The molecule has 0 radical (unpaired) electrons. The molecule has 3 aromatic rings. The highest BCUT2D eigenvalue weighted by Crippen LogP contribution is 2.34. The van der Waals surface area contributed by atoms with Gasteiger partial charge in [-0.1, -0.05) is 18.2 Å². The Morgan fingerprint density at radius 1 is 0.929 bits per heavy atom. The molecule has 2 aliphatic rings. The molecule has 1 aromatic heterocycles. The van der Waals surface area contributed by atoms with Crippen molar-refractivity contribution in [1.29, 1.82) is 0 Å². The van der Waals surface area contributed by atoms with Gasteiger partial charge in [-0.3, -0.25) is 4.90 Å². The van der Waals surface area contributed by atoms with Gasteiger partial charge >= 0.3 is 0 Å². The molecule has 5 rings (SSSR count). The van der Waals surface area contributed by atoms with Gasteiger partial charge in [0.2, 0.25) is 6.79 Å². The fraction of sp³-hybridized carbons (Fsp3) is 0.273. The second-order valence-corrected chi connectivity index (χ2v) is 8.15. The monoisotopic (exact) mass is 393 g/mol. The third-order valence-electron chi connectivity index (χ3n) is 5.39. The fourth-order valence-corrected chi connectivity index (χ4v) is 4.58. The van der Waals surface area contributed by atoms with Crippen LogP contribution in [0.3, 0.4) is 0 Å². The minimum atomic E-state index is 0.323. The predicted octanol–water partition coefficient (Wildman–Crippen LogP) is 4.05. The molecule has 0 amide bonds. The van der Waals surface area contributed by atoms with Gasteiger partial charge in [0.25, 0.3) is 0 Å². The molecule has 0 bridgehead atoms. The zero-order chi connectivity index (χ0) is 18.9. The summed E-state index contributed by atoms with van der Waals surface area (Å²) in [5.41, 5.74) is 10.8. The van der Waals surface area contributed by atoms with E-state index in [-0.39, 0.29) is 0 Å². The smallest absolute Gasteiger partial charge is 0.231 e. The summed E-state index contributed by atoms with van der Waals surface area (Å²) < 4.78 is 10.9. The summed E-state index contributed by atoms with van der Waals surface area (Å²) in [7, 11) is 0. The molecule has 5 nitrogen and oxygen atoms in total. The van der Waals surface area contributed by atoms with Gasteiger partial charge in [0, 0.05) is 37.6 Å². The van der Waals surface area contributed by atoms with Gasteiger partial charge in [0.05, 0.1) is 11.4 Å². The maximum Gasteiger partial charge on any atom is 0.231 e. The van der Waals surface area contributed by atoms with Crippen LogP contribution >= 0.6 is 11.3 Å². The summed E-state index contributed by atoms with van der Waals surface area (Å²) in [6.45, 7) is 5.22. The molecular weight excluding hydrogens is 370 g/mol. The van der Waals surface area contributed by atoms with Crippen molar-refractivity contribution >= 4 is 22.7 Å². The van der Waals surface area contributed by atoms with Gasteiger partial charge in [-0.2, -0.15) is 0 Å². The molecule has 28 heavy (non-hydrogen) atoms. The quantitative estimate of drug-likeness (QED) is 0.678. The molecule has 1 fully saturated rings. The van der Waals surface area contributed by atoms with Crippen LogP contribution in [0.2, 0.25) is 0 Å². The number of nitrogen functional groups attached to an aromatic ring is 1. The Hall–Kier alpha value is -2.70. The van der Waals surface area contributed by atoms with E-state index in [1.807, 2.05) is 12.1 Å². The van der Waals surface area contributed by atoms with Crippen LogP contribution in [0.25, 0.3) is 10.4 Å². The van der Waals surface area contributed by atoms with Gasteiger partial charge in [-0.05, 0) is 46.8 Å². The number of nitrogens with two attached hydrogens (primary N) is 1. The Morgan fingerprint density at radius 2 is 1.79 bits per heavy atom. The summed E-state index contributed by atoms with van der Waals surface area (Å²) in [5.74, 6) is 1.70. The minimum absolute atomic E-state index is 0.323. The van der Waals surface area contributed by atoms with E-state index in [9.17, 15) is 0 Å². The summed E-state index contributed by atoms with van der Waals surface area (Å²) in [5, 5.41) is 2.11. The summed E-state index contributed by atoms with van der Waals surface area (Å²) in [6.07, 6.45) is 0. The number of piperazine rings is 1. The lowest BCUT2D eigenvalue weighted by atomic mass is 10.1. The first-order valence-corrected chi connectivity index (χ1v) is 10.4. The minimum Gasteiger partial charge on any atom is -0.454 e. The molecular formula is C22H23N3O2S. The molecule has 0 unspecified atom stereocenters. The number of hydrogen-bond donors (Lipinski definition) is 1. The van der Waals surface area contributed by atoms with Crippen molar-refractivity contribution in [3.05, 3.63) is 59.5 Å². The van der Waals surface area contributed by atoms with E-state index in [4.69, 9.17) is 15.2 Å². The summed E-state index contributed by atoms with van der Waals surface area (Å²) in [4.78, 5) is 6.17. The summed E-state index contributed by atoms with van der Waals surface area (Å²) >= 11 is 1.76. The molecule has 144 valence electrons. The van der Waals surface area contributed by atoms with E-state index >= 15 is 0 Å². The molecule has 2 aliphatic heterocycles. The highest BCUT2D eigenvalue weighted by Gasteiger charge is 2.20. The lowest BCUT2D eigenvalue weighted by Crippen LogP contribution is -2.46. The largest absolute Gasteiger partial charge is 0.454 e. The molecule has 1 saturated heterocycles. The van der Waals surface area contributed by atoms with Gasteiger partial charge in [0.1, 0.15) is 0 Å². The second-order valence-electron chi connectivity index (χ2n) is 7.20. The van der Waals surface area contributed by atoms with Crippen LogP contribution < -0.4 is 20.1 Å². The van der Waals surface area contributed by atoms with E-state index in [2.05, 4.69) is 51.6 Å². The average molecular weight is 394 g/mol. The maximum atomic E-state index is 6.31. The van der Waals surface area contributed by atoms with Crippen LogP contribution in [0.15, 0.2) is 53.9 Å². The number of hydrogen-bond acceptors (Lipinski definition) is 6. The normalized spacial score (nSPS) is 16.5. The molecule has 6 heteroatoms. The summed E-state index contributed by atoms with van der Waals surface area (Å²) in [6, 6.07) is 16.8. The predicted molar refractivity (Wildman–Crippen MR) is 114 cm³/mol. The Labute approximate surface area is 168 Å². The van der Waals surface area contributed by atoms with Gasteiger partial charge in [-0.15, -0.1) is 11.3 Å². The van der Waals surface area contributed by atoms with Crippen molar-refractivity contribution in [2.45, 2.75) is 6.54 Å². The fourth-order valence-electron chi connectivity index (χ4n) is 3.86. The SMILES string of the molecule is Nc1ccc(-c2cccs2)cc1N1CCN(Cc2ccc3c(c2)OCO3)CC1. The molecule has 0 atom stereocenters. The van der Waals surface area contributed by atoms with Crippen molar-refractivity contribution in [2.75, 3.05) is 43.6 Å². The third-order valence-corrected chi connectivity index (χ3v) is 6.31. The highest BCUT2D eigenvalue weighted by molar-refractivity contribution is 7.13. The number of rotatable bonds is 4. The molecule has 3 heterocycles. The Bertz CT molecular complexity index is 966. The molecule has 0 saturated carbocycles. The molecule has 2 N–H and O–H groups in total. The molecule has 0 aliphatic carbocycles. The number of nitrogens with zero attached hydrogens (tertiary/aromatic N) is 2. The van der Waals surface area contributed by atoms with Crippen LogP contribution in [0.1, 0.15) is 5.56 Å². The van der Waals surface area contributed by atoms with Gasteiger partial charge in [-0.25, -0.2) is 0 Å². The van der Waals surface area contributed by atoms with Crippen LogP contribution in [-0.2, 0) is 6.54 Å². The van der Waals surface area contributed by atoms with Crippen molar-refractivity contribution in [3.63, 3.8) is 0 Å². The van der Waals surface area contributed by atoms with Crippen molar-refractivity contribution in [2.24, 2.45) is 0 Å². The van der Waals surface area contributed by atoms with E-state index < -0.39 is 0 Å². The standard InChI is InChI=1S/C22H23N3O2S/c23-18-5-4-17(22-2-1-11-28-22)13-19(18)25-9-7-24(8-10-25)14-16-3-6-20-21(12-16)27-15-26-20/h1-6,11-13H,7-10,14-15,23H2. The molecule has 2 aromatic carbocycles. The first-order valence-electron chi connectivity index (χ1n) is 9.55. The average Bonchev–Trinajstić information content (AvgIpc) is 3.41. The lowest BCUT2D eigenvalue weighted by molar-refractivity contribution is 0.174. The van der Waals surface area contributed by atoms with E-state index in [1.165, 1.54) is 16.0 Å². The van der Waals surface area contributed by atoms with E-state index in [0.717, 1.165) is 55.6 Å². The topological polar surface area (TPSA) is 51.0 Å². The zero-order valence-electron chi connectivity index (χ0n) is 15.6. The first-order chi connectivity index (χ1) is 13.8. The van der Waals surface area contributed by atoms with Crippen molar-refractivity contribution in [1.82, 2.24) is 4.90 Å². The van der Waals surface area contributed by atoms with E-state index in [1.54, 1.807) is 11.3 Å². The molecule has 0 spiro atoms. The second kappa shape index (κ2) is 7.37. The first kappa shape index (κ1) is 17.4. The lowest BCUT2D eigenvalue weighted by Gasteiger charge is -2.36. The van der Waals surface area contributed by atoms with Crippen LogP contribution in [-0.4, -0.2) is 37.9 Å². The van der Waals surface area contributed by atoms with Gasteiger partial charge < -0.3 is 20.1 Å². The number of ether oxygens (including phenoxy) is 2. The Morgan fingerprint density at radius 3 is 2.61 bits per heavy atom. The van der Waals surface area contributed by atoms with Crippen molar-refractivity contribution in [3.8, 4) is 21.9 Å². The maximum absolute atomic E-state index is 6.31. The van der Waals surface area contributed by atoms with Crippen LogP contribution in [0.4, 0.5) is 11.4 Å². The van der Waals surface area contributed by atoms with Gasteiger partial charge in [0.15, 0.2) is 11.5 Å². The van der Waals surface area contributed by atoms with Crippen molar-refractivity contribution < 1.29 is 9.47 Å². The van der Waals surface area contributed by atoms with E-state index in [0.29, 0.717) is 6.79 Å². The van der Waals surface area contributed by atoms with Crippen LogP contribution in [0.5, 0.6) is 11.5 Å². The highest BCUT2D eigenvalue weighted by atomic mass is 32.1.